The highest BCUT2D eigenvalue weighted by Crippen LogP contribution is 2.29. The molecule has 1 aliphatic carbocycles. The smallest absolute Gasteiger partial charge is 0.411 e. The van der Waals surface area contributed by atoms with E-state index in [0.717, 1.165) is 38.2 Å². The summed E-state index contributed by atoms with van der Waals surface area (Å²) in [4.78, 5) is 43.2. The molecule has 3 atom stereocenters. The lowest BCUT2D eigenvalue weighted by Gasteiger charge is -2.33. The molecule has 2 saturated heterocycles. The van der Waals surface area contributed by atoms with Crippen molar-refractivity contribution >= 4 is 42.1 Å². The number of carbonyl (C=O) groups excluding carboxylic acids is 3. The highest BCUT2D eigenvalue weighted by molar-refractivity contribution is 7.99. The van der Waals surface area contributed by atoms with Crippen molar-refractivity contribution < 1.29 is 24.2 Å². The summed E-state index contributed by atoms with van der Waals surface area (Å²) in [5.74, 6) is 1.07. The number of ether oxygens (including phenoxy) is 1. The fourth-order valence-corrected chi connectivity index (χ4v) is 7.44. The molecule has 43 heavy (non-hydrogen) atoms. The Morgan fingerprint density at radius 1 is 1.05 bits per heavy atom. The van der Waals surface area contributed by atoms with Gasteiger partial charge >= 0.3 is 6.09 Å². The molecule has 11 heteroatoms. The first-order valence-corrected chi connectivity index (χ1v) is 16.8. The van der Waals surface area contributed by atoms with Crippen molar-refractivity contribution in [3.8, 4) is 0 Å². The molecule has 0 radical (unpaired) electrons. The molecule has 0 bridgehead atoms. The highest BCUT2D eigenvalue weighted by Gasteiger charge is 2.41. The van der Waals surface area contributed by atoms with E-state index in [1.807, 2.05) is 6.07 Å². The molecule has 3 aliphatic rings. The highest BCUT2D eigenvalue weighted by atomic mass is 35.5. The van der Waals surface area contributed by atoms with Crippen molar-refractivity contribution in [1.82, 2.24) is 20.4 Å². The van der Waals surface area contributed by atoms with E-state index < -0.39 is 29.2 Å². The molecule has 3 amide bonds. The summed E-state index contributed by atoms with van der Waals surface area (Å²) in [5, 5.41) is 16.2. The molecule has 1 unspecified atom stereocenters. The van der Waals surface area contributed by atoms with Gasteiger partial charge in [-0.15, -0.1) is 24.2 Å². The second kappa shape index (κ2) is 16.9. The van der Waals surface area contributed by atoms with E-state index in [4.69, 9.17) is 4.74 Å². The second-order valence-electron chi connectivity index (χ2n) is 13.2. The number of aliphatic hydroxyl groups excluding tert-OH is 1. The fourth-order valence-electron chi connectivity index (χ4n) is 6.13. The van der Waals surface area contributed by atoms with Crippen LogP contribution in [0.3, 0.4) is 0 Å². The predicted molar refractivity (Wildman–Crippen MR) is 173 cm³/mol. The van der Waals surface area contributed by atoms with E-state index in [-0.39, 0.29) is 49.6 Å². The van der Waals surface area contributed by atoms with Crippen molar-refractivity contribution in [2.24, 2.45) is 5.92 Å². The number of aliphatic hydroxyl groups is 1. The third-order valence-electron chi connectivity index (χ3n) is 8.34. The van der Waals surface area contributed by atoms with Crippen LogP contribution in [0.1, 0.15) is 84.1 Å². The lowest BCUT2D eigenvalue weighted by molar-refractivity contribution is -0.126. The lowest BCUT2D eigenvalue weighted by atomic mass is 9.91. The molecule has 1 aromatic rings. The zero-order valence-corrected chi connectivity index (χ0v) is 27.6. The van der Waals surface area contributed by atoms with Crippen molar-refractivity contribution in [3.05, 3.63) is 35.9 Å². The van der Waals surface area contributed by atoms with Crippen LogP contribution < -0.4 is 10.6 Å². The summed E-state index contributed by atoms with van der Waals surface area (Å²) < 4.78 is 5.50. The maximum atomic E-state index is 13.5. The van der Waals surface area contributed by atoms with Crippen LogP contribution in [0.25, 0.3) is 0 Å². The van der Waals surface area contributed by atoms with Crippen LogP contribution >= 0.6 is 24.2 Å². The molecule has 1 aromatic carbocycles. The number of amides is 3. The number of nitrogens with one attached hydrogen (secondary N) is 2. The average molecular weight is 639 g/mol. The minimum atomic E-state index is -0.829. The zero-order valence-electron chi connectivity index (χ0n) is 26.0. The first-order chi connectivity index (χ1) is 20.1. The molecule has 2 heterocycles. The van der Waals surface area contributed by atoms with Gasteiger partial charge in [0.05, 0.1) is 24.4 Å². The van der Waals surface area contributed by atoms with E-state index in [2.05, 4.69) is 39.8 Å². The number of rotatable bonds is 10. The quantitative estimate of drug-likeness (QED) is 0.319. The van der Waals surface area contributed by atoms with Crippen LogP contribution in [0.5, 0.6) is 0 Å². The van der Waals surface area contributed by atoms with Crippen LogP contribution in [0, 0.1) is 5.92 Å². The van der Waals surface area contributed by atoms with Gasteiger partial charge in [-0.05, 0) is 63.7 Å². The Balaban J connectivity index is 0.00000506. The molecular weight excluding hydrogens is 588 g/mol. The molecule has 4 rings (SSSR count). The summed E-state index contributed by atoms with van der Waals surface area (Å²) in [6.07, 6.45) is 6.83. The summed E-state index contributed by atoms with van der Waals surface area (Å²) in [6, 6.07) is 9.74. The third-order valence-corrected chi connectivity index (χ3v) is 9.69. The van der Waals surface area contributed by atoms with Gasteiger partial charge in [0.2, 0.25) is 11.8 Å². The number of likely N-dealkylation sites (tertiary alicyclic amines) is 2. The normalized spacial score (nSPS) is 22.8. The average Bonchev–Trinajstić information content (AvgIpc) is 3.35. The van der Waals surface area contributed by atoms with Crippen molar-refractivity contribution in [1.29, 1.82) is 0 Å². The summed E-state index contributed by atoms with van der Waals surface area (Å²) in [5.41, 5.74) is 0.591. The number of carbonyl (C=O) groups is 3. The van der Waals surface area contributed by atoms with Crippen LogP contribution in [0.15, 0.2) is 30.3 Å². The standard InChI is InChI=1S/C32H50N4O5S.ClH/c1-32(2,3)41-31(40)36-21-26(37)18-27(36)30(39)34-29(42-22-24-12-8-5-9-13-24)19-28(38)33-25-14-16-35(17-15-25)20-23-10-6-4-7-11-23;/h4,6-7,10-11,24-27,29,37H,5,8-9,12-22H2,1-3H3,(H,33,38)(H,34,39);1H/t26-,27+,29?;/m1./s1. The Morgan fingerprint density at radius 2 is 1.72 bits per heavy atom. The fraction of sp³-hybridized carbons (Fsp3) is 0.719. The Labute approximate surface area is 267 Å². The number of hydrogen-bond donors (Lipinski definition) is 3. The summed E-state index contributed by atoms with van der Waals surface area (Å²) in [6.45, 7) is 8.16. The van der Waals surface area contributed by atoms with Crippen molar-refractivity contribution in [2.75, 3.05) is 25.4 Å². The van der Waals surface area contributed by atoms with E-state index in [1.165, 1.54) is 42.6 Å². The topological polar surface area (TPSA) is 111 Å². The van der Waals surface area contributed by atoms with Gasteiger partial charge in [0.1, 0.15) is 11.6 Å². The zero-order chi connectivity index (χ0) is 30.1. The third kappa shape index (κ3) is 11.8. The molecule has 0 spiro atoms. The number of nitrogens with zero attached hydrogens (tertiary/aromatic N) is 2. The monoisotopic (exact) mass is 638 g/mol. The maximum absolute atomic E-state index is 13.5. The van der Waals surface area contributed by atoms with Crippen molar-refractivity contribution in [2.45, 2.75) is 114 Å². The first-order valence-electron chi connectivity index (χ1n) is 15.7. The van der Waals surface area contributed by atoms with Gasteiger partial charge in [-0.1, -0.05) is 49.6 Å². The molecule has 9 nitrogen and oxygen atoms in total. The molecule has 0 aromatic heterocycles. The van der Waals surface area contributed by atoms with E-state index in [1.54, 1.807) is 32.5 Å². The number of halogens is 1. The number of piperidine rings is 1. The predicted octanol–water partition coefficient (Wildman–Crippen LogP) is 4.71. The molecule has 2 aliphatic heterocycles. The molecular formula is C32H51ClN4O5S. The van der Waals surface area contributed by atoms with Crippen LogP contribution in [-0.2, 0) is 20.9 Å². The van der Waals surface area contributed by atoms with Gasteiger partial charge in [-0.25, -0.2) is 4.79 Å². The largest absolute Gasteiger partial charge is 0.444 e. The van der Waals surface area contributed by atoms with Crippen LogP contribution in [0.4, 0.5) is 4.79 Å². The molecule has 1 saturated carbocycles. The Bertz CT molecular complexity index is 1030. The van der Waals surface area contributed by atoms with E-state index in [0.29, 0.717) is 5.92 Å². The van der Waals surface area contributed by atoms with Gasteiger partial charge in [-0.3, -0.25) is 19.4 Å². The molecule has 3 N–H and O–H groups in total. The number of benzene rings is 1. The van der Waals surface area contributed by atoms with Crippen LogP contribution in [-0.4, -0.2) is 87.4 Å². The number of β-amino-alcohol motifs (C(OH)–C–C–N with tert-alkyl or cyclic N) is 1. The number of thioether (sulfide) groups is 1. The first kappa shape index (κ1) is 35.5. The molecule has 242 valence electrons. The van der Waals surface area contributed by atoms with Gasteiger partial charge in [0, 0.05) is 32.1 Å². The summed E-state index contributed by atoms with van der Waals surface area (Å²) >= 11 is 1.63. The van der Waals surface area contributed by atoms with Gasteiger partial charge < -0.3 is 20.5 Å². The van der Waals surface area contributed by atoms with E-state index in [9.17, 15) is 19.5 Å². The molecule has 3 fully saturated rings. The lowest BCUT2D eigenvalue weighted by Crippen LogP contribution is -2.50. The van der Waals surface area contributed by atoms with Crippen LogP contribution in [0.2, 0.25) is 0 Å². The maximum Gasteiger partial charge on any atom is 0.411 e. The number of hydrogen-bond acceptors (Lipinski definition) is 7. The Hall–Kier alpha value is -2.01. The van der Waals surface area contributed by atoms with Gasteiger partial charge in [-0.2, -0.15) is 0 Å². The Morgan fingerprint density at radius 3 is 2.37 bits per heavy atom. The minimum absolute atomic E-state index is 0. The van der Waals surface area contributed by atoms with Gasteiger partial charge in [0.15, 0.2) is 0 Å². The summed E-state index contributed by atoms with van der Waals surface area (Å²) in [7, 11) is 0. The van der Waals surface area contributed by atoms with E-state index >= 15 is 0 Å². The second-order valence-corrected chi connectivity index (χ2v) is 14.4. The van der Waals surface area contributed by atoms with Gasteiger partial charge in [0.25, 0.3) is 0 Å². The SMILES string of the molecule is CC(C)(C)OC(=O)N1C[C@H](O)C[C@H]1C(=O)NC(CC(=O)NC1CCN(Cc2ccccc2)CC1)SCC1CCCCC1.Cl. The minimum Gasteiger partial charge on any atom is -0.444 e. The van der Waals surface area contributed by atoms with Crippen molar-refractivity contribution in [3.63, 3.8) is 0 Å². The Kier molecular flexibility index (Phi) is 13.9.